The summed E-state index contributed by atoms with van der Waals surface area (Å²) < 4.78 is 3.82. The third-order valence-corrected chi connectivity index (χ3v) is 9.50. The van der Waals surface area contributed by atoms with Gasteiger partial charge in [-0.05, 0) is 44.9 Å². The van der Waals surface area contributed by atoms with Crippen LogP contribution in [0, 0.1) is 25.7 Å². The molecule has 1 aromatic carbocycles. The first-order valence-corrected chi connectivity index (χ1v) is 12.5. The molecule has 1 spiro atoms. The maximum Gasteiger partial charge on any atom is 0.311 e. The number of carbonyl (C=O) groups excluding carboxylic acids is 3. The van der Waals surface area contributed by atoms with Crippen molar-refractivity contribution >= 4 is 35.2 Å². The number of hydrogen-bond acceptors (Lipinski definition) is 6. The summed E-state index contributed by atoms with van der Waals surface area (Å²) in [5, 5.41) is 10.0. The fraction of sp³-hybridized carbons (Fsp3) is 0.500. The van der Waals surface area contributed by atoms with Crippen LogP contribution in [0.3, 0.4) is 0 Å². The molecule has 2 amide bonds. The summed E-state index contributed by atoms with van der Waals surface area (Å²) in [6, 6.07) is 4.49. The summed E-state index contributed by atoms with van der Waals surface area (Å²) >= 11 is 1.51. The molecule has 2 saturated heterocycles. The van der Waals surface area contributed by atoms with Gasteiger partial charge >= 0.3 is 5.97 Å². The molecule has 180 valence electrons. The molecule has 8 heteroatoms. The van der Waals surface area contributed by atoms with Gasteiger partial charge in [0.25, 0.3) is 5.91 Å². The van der Waals surface area contributed by atoms with Crippen LogP contribution in [0.25, 0.3) is 0 Å². The first-order valence-electron chi connectivity index (χ1n) is 11.7. The third-order valence-electron chi connectivity index (χ3n) is 7.70. The SMILES string of the molecule is Cc1cccc(C)c1N1CC=C[C@]23S[C@@]4(C)C=CCOC(=O)[C@H]4[C@H]2C(=O)N([C@H](C)CO)C3C1=O. The fourth-order valence-electron chi connectivity index (χ4n) is 6.29. The Hall–Kier alpha value is -2.58. The molecule has 0 radical (unpaired) electrons. The maximum atomic E-state index is 14.4. The maximum absolute atomic E-state index is 14.4. The topological polar surface area (TPSA) is 87.2 Å². The fourth-order valence-corrected chi connectivity index (χ4v) is 8.43. The van der Waals surface area contributed by atoms with Crippen molar-refractivity contribution in [2.24, 2.45) is 11.8 Å². The van der Waals surface area contributed by atoms with Crippen LogP contribution >= 0.6 is 11.8 Å². The minimum atomic E-state index is -0.941. The van der Waals surface area contributed by atoms with Crippen molar-refractivity contribution < 1.29 is 24.2 Å². The molecular weight excluding hydrogens is 452 g/mol. The average Bonchev–Trinajstić information content (AvgIpc) is 3.06. The number of aryl methyl sites for hydroxylation is 2. The van der Waals surface area contributed by atoms with Crippen molar-refractivity contribution in [2.75, 3.05) is 24.7 Å². The van der Waals surface area contributed by atoms with E-state index >= 15 is 0 Å². The molecule has 2 fully saturated rings. The van der Waals surface area contributed by atoms with E-state index in [2.05, 4.69) is 0 Å². The van der Waals surface area contributed by atoms with Gasteiger partial charge in [0.2, 0.25) is 5.91 Å². The van der Waals surface area contributed by atoms with E-state index in [0.717, 1.165) is 16.8 Å². The number of anilines is 1. The van der Waals surface area contributed by atoms with E-state index in [1.165, 1.54) is 16.7 Å². The lowest BCUT2D eigenvalue weighted by Crippen LogP contribution is -2.56. The summed E-state index contributed by atoms with van der Waals surface area (Å²) in [6.07, 6.45) is 7.70. The molecule has 6 atom stereocenters. The molecule has 4 aliphatic heterocycles. The highest BCUT2D eigenvalue weighted by Crippen LogP contribution is 2.65. The van der Waals surface area contributed by atoms with Crippen molar-refractivity contribution in [1.82, 2.24) is 4.90 Å². The van der Waals surface area contributed by atoms with Gasteiger partial charge < -0.3 is 19.6 Å². The molecule has 0 bridgehead atoms. The second-order valence-electron chi connectivity index (χ2n) is 9.90. The van der Waals surface area contributed by atoms with E-state index < -0.39 is 39.4 Å². The van der Waals surface area contributed by atoms with E-state index in [9.17, 15) is 19.5 Å². The zero-order chi connectivity index (χ0) is 24.4. The van der Waals surface area contributed by atoms with Gasteiger partial charge in [-0.3, -0.25) is 14.4 Å². The monoisotopic (exact) mass is 482 g/mol. The molecule has 4 aliphatic rings. The number of thioether (sulfide) groups is 1. The largest absolute Gasteiger partial charge is 0.461 e. The Morgan fingerprint density at radius 3 is 2.50 bits per heavy atom. The predicted octanol–water partition coefficient (Wildman–Crippen LogP) is 2.39. The van der Waals surface area contributed by atoms with Crippen molar-refractivity contribution in [2.45, 2.75) is 49.3 Å². The molecule has 0 saturated carbocycles. The number of ether oxygens (including phenoxy) is 1. The van der Waals surface area contributed by atoms with Gasteiger partial charge in [0.1, 0.15) is 12.6 Å². The van der Waals surface area contributed by atoms with Crippen molar-refractivity contribution in [3.05, 3.63) is 53.6 Å². The summed E-state index contributed by atoms with van der Waals surface area (Å²) in [4.78, 5) is 44.8. The Morgan fingerprint density at radius 1 is 1.12 bits per heavy atom. The zero-order valence-electron chi connectivity index (χ0n) is 19.9. The molecule has 0 aromatic heterocycles. The lowest BCUT2D eigenvalue weighted by molar-refractivity contribution is -0.153. The Balaban J connectivity index is 1.70. The van der Waals surface area contributed by atoms with Crippen LogP contribution in [0.1, 0.15) is 25.0 Å². The van der Waals surface area contributed by atoms with Gasteiger partial charge in [-0.15, -0.1) is 11.8 Å². The molecule has 1 N–H and O–H groups in total. The van der Waals surface area contributed by atoms with Crippen molar-refractivity contribution in [3.8, 4) is 0 Å². The second-order valence-corrected chi connectivity index (χ2v) is 11.7. The Bertz CT molecular complexity index is 1110. The number of cyclic esters (lactones) is 1. The number of likely N-dealkylation sites (tertiary alicyclic amines) is 1. The Labute approximate surface area is 203 Å². The lowest BCUT2D eigenvalue weighted by Gasteiger charge is -2.39. The van der Waals surface area contributed by atoms with Crippen LogP contribution in [0.2, 0.25) is 0 Å². The number of aliphatic hydroxyl groups excluding tert-OH is 1. The Morgan fingerprint density at radius 2 is 1.82 bits per heavy atom. The summed E-state index contributed by atoms with van der Waals surface area (Å²) in [5.74, 6) is -2.35. The third kappa shape index (κ3) is 3.04. The normalized spacial score (nSPS) is 35.4. The number of nitrogens with zero attached hydrogens (tertiary/aromatic N) is 2. The van der Waals surface area contributed by atoms with E-state index in [-0.39, 0.29) is 25.0 Å². The first kappa shape index (κ1) is 23.2. The number of aliphatic hydroxyl groups is 1. The van der Waals surface area contributed by atoms with Gasteiger partial charge in [-0.2, -0.15) is 0 Å². The van der Waals surface area contributed by atoms with Gasteiger partial charge in [0, 0.05) is 17.0 Å². The number of carbonyl (C=O) groups is 3. The molecule has 5 rings (SSSR count). The summed E-state index contributed by atoms with van der Waals surface area (Å²) in [5.41, 5.74) is 2.79. The Kier molecular flexibility index (Phi) is 5.44. The second kappa shape index (κ2) is 7.99. The van der Waals surface area contributed by atoms with Crippen LogP contribution in [-0.2, 0) is 19.1 Å². The highest BCUT2D eigenvalue weighted by Gasteiger charge is 2.74. The van der Waals surface area contributed by atoms with E-state index in [4.69, 9.17) is 4.74 Å². The highest BCUT2D eigenvalue weighted by atomic mass is 32.2. The van der Waals surface area contributed by atoms with Gasteiger partial charge in [0.15, 0.2) is 0 Å². The minimum Gasteiger partial charge on any atom is -0.461 e. The molecule has 4 heterocycles. The van der Waals surface area contributed by atoms with Gasteiger partial charge in [0.05, 0.1) is 29.2 Å². The lowest BCUT2D eigenvalue weighted by atomic mass is 9.75. The van der Waals surface area contributed by atoms with Gasteiger partial charge in [-0.25, -0.2) is 0 Å². The smallest absolute Gasteiger partial charge is 0.311 e. The molecule has 34 heavy (non-hydrogen) atoms. The molecule has 0 aliphatic carbocycles. The molecular formula is C26H30N2O5S. The van der Waals surface area contributed by atoms with Crippen molar-refractivity contribution in [1.29, 1.82) is 0 Å². The van der Waals surface area contributed by atoms with Crippen molar-refractivity contribution in [3.63, 3.8) is 0 Å². The number of para-hydroxylation sites is 1. The van der Waals surface area contributed by atoms with Crippen LogP contribution in [0.4, 0.5) is 5.69 Å². The van der Waals surface area contributed by atoms with Gasteiger partial charge in [-0.1, -0.05) is 36.4 Å². The average molecular weight is 483 g/mol. The van der Waals surface area contributed by atoms with Crippen LogP contribution in [0.15, 0.2) is 42.5 Å². The highest BCUT2D eigenvalue weighted by molar-refractivity contribution is 8.02. The standard InChI is InChI=1S/C26H30N2O5S/c1-15-8-5-9-16(2)20(15)27-12-6-11-26-18(19-24(32)33-13-7-10-25(19,4)34-26)22(30)28(17(3)14-29)21(26)23(27)31/h5-11,17-19,21,29H,12-14H2,1-4H3/t17-,18+,19-,21?,25+,26+/m1/s1. The minimum absolute atomic E-state index is 0.175. The number of fused-ring (bicyclic) bond motifs is 2. The van der Waals surface area contributed by atoms with Crippen LogP contribution < -0.4 is 4.90 Å². The van der Waals surface area contributed by atoms with E-state index in [0.29, 0.717) is 6.54 Å². The van der Waals surface area contributed by atoms with E-state index in [1.807, 2.05) is 63.3 Å². The predicted molar refractivity (Wildman–Crippen MR) is 130 cm³/mol. The number of benzene rings is 1. The molecule has 7 nitrogen and oxygen atoms in total. The number of amides is 2. The number of esters is 1. The number of hydrogen-bond donors (Lipinski definition) is 1. The molecule has 1 unspecified atom stereocenters. The quantitative estimate of drug-likeness (QED) is 0.526. The van der Waals surface area contributed by atoms with Crippen LogP contribution in [0.5, 0.6) is 0 Å². The van der Waals surface area contributed by atoms with Crippen LogP contribution in [-0.4, -0.2) is 69.1 Å². The summed E-state index contributed by atoms with van der Waals surface area (Å²) in [6.45, 7) is 7.91. The summed E-state index contributed by atoms with van der Waals surface area (Å²) in [7, 11) is 0. The number of rotatable bonds is 3. The van der Waals surface area contributed by atoms with E-state index in [1.54, 1.807) is 11.8 Å². The first-order chi connectivity index (χ1) is 16.2. The zero-order valence-corrected chi connectivity index (χ0v) is 20.7. The molecule has 1 aromatic rings.